The topological polar surface area (TPSA) is 21.7 Å². The van der Waals surface area contributed by atoms with Crippen molar-refractivity contribution in [2.24, 2.45) is 11.8 Å². The average Bonchev–Trinajstić information content (AvgIpc) is 3.58. The van der Waals surface area contributed by atoms with Crippen molar-refractivity contribution in [2.45, 2.75) is 5.41 Å². The number of allylic oxidation sites excluding steroid dienone is 13. The fraction of sp³-hybridized carbons (Fsp3) is 0.0566. The van der Waals surface area contributed by atoms with Gasteiger partial charge in [-0.25, -0.2) is 0 Å². The van der Waals surface area contributed by atoms with Gasteiger partial charge in [0.05, 0.1) is 5.41 Å². The van der Waals surface area contributed by atoms with Crippen LogP contribution in [-0.2, 0) is 5.41 Å². The highest BCUT2D eigenvalue weighted by molar-refractivity contribution is 5.92. The zero-order chi connectivity index (χ0) is 36.8. The molecule has 3 unspecified atom stereocenters. The maximum absolute atomic E-state index is 6.74. The molecule has 1 heterocycles. The Bertz CT molecular complexity index is 2850. The Morgan fingerprint density at radius 1 is 0.446 bits per heavy atom. The lowest BCUT2D eigenvalue weighted by Crippen LogP contribution is -2.32. The normalized spacial score (nSPS) is 21.2. The van der Waals surface area contributed by atoms with Crippen LogP contribution in [0.3, 0.4) is 0 Å². The maximum Gasteiger partial charge on any atom is 0.178 e. The minimum Gasteiger partial charge on any atom is -0.449 e. The van der Waals surface area contributed by atoms with E-state index in [1.807, 2.05) is 24.3 Å². The number of nitrogens with zero attached hydrogens (tertiary/aromatic N) is 1. The first-order chi connectivity index (χ1) is 27.8. The molecule has 12 rings (SSSR count). The fourth-order valence-electron chi connectivity index (χ4n) is 10.1. The minimum atomic E-state index is -0.598. The number of para-hydroxylation sites is 3. The van der Waals surface area contributed by atoms with Crippen LogP contribution in [0.1, 0.15) is 22.3 Å². The second-order valence-electron chi connectivity index (χ2n) is 15.2. The molecular formula is C53H35NO2. The maximum atomic E-state index is 6.74. The van der Waals surface area contributed by atoms with Gasteiger partial charge < -0.3 is 14.4 Å². The highest BCUT2D eigenvalue weighted by atomic mass is 16.6. The van der Waals surface area contributed by atoms with E-state index in [4.69, 9.17) is 9.47 Å². The third-order valence-corrected chi connectivity index (χ3v) is 12.4. The molecule has 3 atom stereocenters. The van der Waals surface area contributed by atoms with Crippen LogP contribution in [0.2, 0.25) is 0 Å². The summed E-state index contributed by atoms with van der Waals surface area (Å²) in [7, 11) is 0. The molecule has 0 saturated carbocycles. The fourth-order valence-corrected chi connectivity index (χ4v) is 10.1. The van der Waals surface area contributed by atoms with E-state index in [2.05, 4.69) is 181 Å². The quantitative estimate of drug-likeness (QED) is 0.177. The van der Waals surface area contributed by atoms with Gasteiger partial charge in [-0.05, 0) is 98.7 Å². The highest BCUT2D eigenvalue weighted by Crippen LogP contribution is 2.62. The Labute approximate surface area is 326 Å². The molecule has 6 aromatic carbocycles. The Morgan fingerprint density at radius 3 is 1.91 bits per heavy atom. The van der Waals surface area contributed by atoms with Crippen LogP contribution in [0, 0.1) is 11.8 Å². The van der Waals surface area contributed by atoms with Crippen molar-refractivity contribution < 1.29 is 9.47 Å². The van der Waals surface area contributed by atoms with Gasteiger partial charge >= 0.3 is 0 Å². The molecule has 264 valence electrons. The Kier molecular flexibility index (Phi) is 6.67. The van der Waals surface area contributed by atoms with Crippen molar-refractivity contribution in [3.05, 3.63) is 251 Å². The average molecular weight is 718 g/mol. The highest BCUT2D eigenvalue weighted by Gasteiger charge is 2.48. The molecule has 5 aliphatic carbocycles. The smallest absolute Gasteiger partial charge is 0.178 e. The van der Waals surface area contributed by atoms with Crippen molar-refractivity contribution in [1.29, 1.82) is 0 Å². The second-order valence-corrected chi connectivity index (χ2v) is 15.2. The summed E-state index contributed by atoms with van der Waals surface area (Å²) in [6, 6.07) is 52.0. The van der Waals surface area contributed by atoms with Crippen molar-refractivity contribution in [3.63, 3.8) is 0 Å². The molecule has 0 spiro atoms. The summed E-state index contributed by atoms with van der Waals surface area (Å²) >= 11 is 0. The molecule has 0 saturated heterocycles. The van der Waals surface area contributed by atoms with E-state index in [1.54, 1.807) is 0 Å². The summed E-state index contributed by atoms with van der Waals surface area (Å²) < 4.78 is 13.2. The van der Waals surface area contributed by atoms with Crippen molar-refractivity contribution >= 4 is 11.4 Å². The Morgan fingerprint density at radius 2 is 1.09 bits per heavy atom. The molecule has 0 bridgehead atoms. The summed E-state index contributed by atoms with van der Waals surface area (Å²) in [6.07, 6.45) is 20.7. The second kappa shape index (κ2) is 11.9. The van der Waals surface area contributed by atoms with Crippen molar-refractivity contribution in [2.75, 3.05) is 4.90 Å². The molecule has 0 fully saturated rings. The van der Waals surface area contributed by atoms with Gasteiger partial charge in [0.2, 0.25) is 0 Å². The number of fused-ring (bicyclic) bond motifs is 6. The first kappa shape index (κ1) is 31.3. The van der Waals surface area contributed by atoms with Crippen LogP contribution in [0.4, 0.5) is 11.4 Å². The number of benzene rings is 6. The summed E-state index contributed by atoms with van der Waals surface area (Å²) in [6.45, 7) is 0. The van der Waals surface area contributed by atoms with Gasteiger partial charge in [0.25, 0.3) is 0 Å². The van der Waals surface area contributed by atoms with E-state index in [0.717, 1.165) is 45.5 Å². The van der Waals surface area contributed by atoms with Gasteiger partial charge in [-0.1, -0.05) is 152 Å². The standard InChI is InChI=1S/C53H35NO2/c1-3-14-37(15-4-1)53(43-19-8-7-18-41(43)51-44(53)31-33-48-52(51)56-47-21-10-9-20-46(47)55-48)38-26-28-40(29-27-38)54(39-16-5-2-6-17-39)45-32-25-36-23-22-34-12-11-13-35-24-30-42(45)50(36)49(34)35/h1-33,49-50H. The zero-order valence-corrected chi connectivity index (χ0v) is 30.5. The van der Waals surface area contributed by atoms with E-state index in [1.165, 1.54) is 50.2 Å². The third kappa shape index (κ3) is 4.34. The largest absolute Gasteiger partial charge is 0.449 e. The summed E-state index contributed by atoms with van der Waals surface area (Å²) in [5, 5.41) is 0. The number of anilines is 2. The molecule has 56 heavy (non-hydrogen) atoms. The van der Waals surface area contributed by atoms with E-state index in [-0.39, 0.29) is 5.92 Å². The first-order valence-corrected chi connectivity index (χ1v) is 19.4. The molecule has 0 N–H and O–H groups in total. The molecule has 0 amide bonds. The summed E-state index contributed by atoms with van der Waals surface area (Å²) in [5.74, 6) is 3.56. The third-order valence-electron chi connectivity index (χ3n) is 12.4. The van der Waals surface area contributed by atoms with Gasteiger partial charge in [-0.15, -0.1) is 0 Å². The van der Waals surface area contributed by atoms with Crippen LogP contribution < -0.4 is 14.4 Å². The number of hydrogen-bond donors (Lipinski definition) is 0. The Balaban J connectivity index is 1.05. The first-order valence-electron chi connectivity index (χ1n) is 19.4. The van der Waals surface area contributed by atoms with Crippen LogP contribution >= 0.6 is 0 Å². The van der Waals surface area contributed by atoms with Gasteiger partial charge in [0, 0.05) is 34.5 Å². The monoisotopic (exact) mass is 717 g/mol. The van der Waals surface area contributed by atoms with Crippen molar-refractivity contribution in [3.8, 4) is 34.1 Å². The molecule has 3 nitrogen and oxygen atoms in total. The zero-order valence-electron chi connectivity index (χ0n) is 30.5. The van der Waals surface area contributed by atoms with Crippen molar-refractivity contribution in [1.82, 2.24) is 0 Å². The van der Waals surface area contributed by atoms with Crippen LogP contribution in [0.5, 0.6) is 23.0 Å². The predicted molar refractivity (Wildman–Crippen MR) is 225 cm³/mol. The van der Waals surface area contributed by atoms with E-state index >= 15 is 0 Å². The predicted octanol–water partition coefficient (Wildman–Crippen LogP) is 13.1. The van der Waals surface area contributed by atoms with Gasteiger partial charge in [-0.3, -0.25) is 0 Å². The Hall–Kier alpha value is -7.10. The van der Waals surface area contributed by atoms with Gasteiger partial charge in [0.1, 0.15) is 0 Å². The van der Waals surface area contributed by atoms with E-state index in [0.29, 0.717) is 5.92 Å². The summed E-state index contributed by atoms with van der Waals surface area (Å²) in [5.41, 5.74) is 15.4. The molecule has 6 aliphatic rings. The number of hydrogen-bond acceptors (Lipinski definition) is 3. The minimum absolute atomic E-state index is 0.276. The lowest BCUT2D eigenvalue weighted by atomic mass is 9.64. The van der Waals surface area contributed by atoms with Crippen LogP contribution in [-0.4, -0.2) is 0 Å². The van der Waals surface area contributed by atoms with E-state index < -0.39 is 5.41 Å². The molecule has 0 aromatic heterocycles. The molecule has 0 radical (unpaired) electrons. The molecule has 3 heteroatoms. The van der Waals surface area contributed by atoms with E-state index in [9.17, 15) is 0 Å². The molecule has 1 aliphatic heterocycles. The SMILES string of the molecule is C1=CC2=CC=C3C=CC(N(c4ccccc4)c4ccc(C5(c6ccccc6)c6ccccc6-c6c5ccc5c6Oc6ccccc6O5)cc4)=C4C=CC(=C1)C2C34. The number of ether oxygens (including phenoxy) is 2. The van der Waals surface area contributed by atoms with Crippen LogP contribution in [0.15, 0.2) is 228 Å². The molecular weight excluding hydrogens is 683 g/mol. The summed E-state index contributed by atoms with van der Waals surface area (Å²) in [4.78, 5) is 2.44. The van der Waals surface area contributed by atoms with Crippen LogP contribution in [0.25, 0.3) is 11.1 Å². The lowest BCUT2D eigenvalue weighted by Gasteiger charge is -2.42. The number of rotatable bonds is 5. The van der Waals surface area contributed by atoms with Gasteiger partial charge in [0.15, 0.2) is 23.0 Å². The van der Waals surface area contributed by atoms with Gasteiger partial charge in [-0.2, -0.15) is 0 Å². The molecule has 6 aromatic rings. The lowest BCUT2D eigenvalue weighted by molar-refractivity contribution is 0.360.